The van der Waals surface area contributed by atoms with Crippen LogP contribution in [0, 0.1) is 0 Å². The largest absolute Gasteiger partial charge is 0.466 e. The first-order valence-corrected chi connectivity index (χ1v) is 36.8. The smallest absolute Gasteiger partial charge is 0.305 e. The quantitative estimate of drug-likeness (QED) is 0.0320. The number of rotatable bonds is 69. The summed E-state index contributed by atoms with van der Waals surface area (Å²) in [5, 5.41) is 23.3. The Morgan fingerprint density at radius 1 is 0.346 bits per heavy atom. The number of esters is 1. The summed E-state index contributed by atoms with van der Waals surface area (Å²) in [6, 6.07) is -0.632. The van der Waals surface area contributed by atoms with Crippen LogP contribution in [-0.4, -0.2) is 47.4 Å². The molecule has 6 heteroatoms. The van der Waals surface area contributed by atoms with Gasteiger partial charge in [-0.2, -0.15) is 0 Å². The zero-order valence-corrected chi connectivity index (χ0v) is 54.8. The van der Waals surface area contributed by atoms with Gasteiger partial charge < -0.3 is 20.3 Å². The Kier molecular flexibility index (Phi) is 68.9. The molecule has 0 heterocycles. The Bertz CT molecular complexity index is 1310. The van der Waals surface area contributed by atoms with Gasteiger partial charge >= 0.3 is 5.97 Å². The molecular formula is C75H143NO5. The molecule has 0 aliphatic carbocycles. The molecule has 2 unspecified atom stereocenters. The second-order valence-electron chi connectivity index (χ2n) is 25.3. The molecule has 81 heavy (non-hydrogen) atoms. The first kappa shape index (κ1) is 79.1. The van der Waals surface area contributed by atoms with Gasteiger partial charge in [0, 0.05) is 12.8 Å². The predicted octanol–water partition coefficient (Wildman–Crippen LogP) is 23.9. The number of nitrogens with one attached hydrogen (secondary N) is 1. The number of aliphatic hydroxyl groups excluding tert-OH is 2. The lowest BCUT2D eigenvalue weighted by Gasteiger charge is -2.20. The van der Waals surface area contributed by atoms with Crippen LogP contribution in [0.15, 0.2) is 36.5 Å². The van der Waals surface area contributed by atoms with Gasteiger partial charge in [-0.15, -0.1) is 0 Å². The van der Waals surface area contributed by atoms with Crippen LogP contribution in [0.5, 0.6) is 0 Å². The second kappa shape index (κ2) is 70.6. The van der Waals surface area contributed by atoms with Crippen molar-refractivity contribution in [1.29, 1.82) is 0 Å². The molecule has 0 aromatic heterocycles. The van der Waals surface area contributed by atoms with Gasteiger partial charge in [-0.25, -0.2) is 0 Å². The van der Waals surface area contributed by atoms with Crippen molar-refractivity contribution in [3.05, 3.63) is 36.5 Å². The topological polar surface area (TPSA) is 95.9 Å². The van der Waals surface area contributed by atoms with Crippen molar-refractivity contribution in [2.75, 3.05) is 13.2 Å². The minimum atomic E-state index is -0.848. The number of allylic oxidation sites excluding steroid dienone is 5. The van der Waals surface area contributed by atoms with Crippen LogP contribution in [0.25, 0.3) is 0 Å². The van der Waals surface area contributed by atoms with Crippen LogP contribution in [0.4, 0.5) is 0 Å². The van der Waals surface area contributed by atoms with E-state index in [1.807, 2.05) is 6.08 Å². The third-order valence-electron chi connectivity index (χ3n) is 17.2. The van der Waals surface area contributed by atoms with Crippen LogP contribution in [-0.2, 0) is 14.3 Å². The van der Waals surface area contributed by atoms with E-state index in [0.717, 1.165) is 44.9 Å². The van der Waals surface area contributed by atoms with Crippen LogP contribution in [0.3, 0.4) is 0 Å². The molecule has 0 radical (unpaired) electrons. The lowest BCUT2D eigenvalue weighted by Crippen LogP contribution is -2.45. The van der Waals surface area contributed by atoms with E-state index in [4.69, 9.17) is 4.74 Å². The molecule has 0 aromatic rings. The number of hydrogen-bond donors (Lipinski definition) is 3. The molecule has 0 saturated heterocycles. The number of hydrogen-bond acceptors (Lipinski definition) is 5. The lowest BCUT2D eigenvalue weighted by molar-refractivity contribution is -0.143. The number of unbranched alkanes of at least 4 members (excludes halogenated alkanes) is 54. The van der Waals surface area contributed by atoms with Crippen LogP contribution in [0.2, 0.25) is 0 Å². The summed E-state index contributed by atoms with van der Waals surface area (Å²) in [5.41, 5.74) is 0. The molecule has 0 fully saturated rings. The molecular weight excluding hydrogens is 995 g/mol. The van der Waals surface area contributed by atoms with Crippen LogP contribution in [0.1, 0.15) is 406 Å². The average Bonchev–Trinajstić information content (AvgIpc) is 3.47. The van der Waals surface area contributed by atoms with Gasteiger partial charge in [0.2, 0.25) is 5.91 Å². The fourth-order valence-electron chi connectivity index (χ4n) is 11.6. The maximum atomic E-state index is 12.5. The van der Waals surface area contributed by atoms with Gasteiger partial charge in [0.15, 0.2) is 0 Å². The van der Waals surface area contributed by atoms with E-state index in [1.165, 1.54) is 334 Å². The summed E-state index contributed by atoms with van der Waals surface area (Å²) in [5.74, 6) is -0.0530. The summed E-state index contributed by atoms with van der Waals surface area (Å²) in [6.07, 6.45) is 90.9. The van der Waals surface area contributed by atoms with Gasteiger partial charge in [0.05, 0.1) is 25.4 Å². The fraction of sp³-hybridized carbons (Fsp3) is 0.893. The Balaban J connectivity index is 3.43. The SMILES string of the molecule is CCCCCCCCCCCCCCCCCCCCC/C=C/C(O)C(CO)NC(=O)CCCCCCCCCCCCC/C=C\C/C=C\CCCCCCCCCCCOC(=O)CCCCCCCCCCCCCCCCCC. The first-order chi connectivity index (χ1) is 40.0. The number of aliphatic hydroxyl groups is 2. The van der Waals surface area contributed by atoms with Crippen molar-refractivity contribution in [3.63, 3.8) is 0 Å². The second-order valence-corrected chi connectivity index (χ2v) is 25.3. The zero-order chi connectivity index (χ0) is 58.5. The standard InChI is InChI=1S/C75H143NO5/c1-3-5-7-9-11-13-15-17-19-21-22-30-33-36-39-43-47-51-55-59-63-67-73(78)72(71-77)76-74(79)68-64-60-56-52-48-44-40-37-34-31-28-26-24-23-25-27-29-32-35-38-42-46-50-54-58-62-66-70-81-75(80)69-65-61-57-53-49-45-41-20-18-16-14-12-10-8-6-4-2/h23-24,27,29,63,67,72-73,77-78H,3-22,25-26,28,30-62,64-66,68-71H2,1-2H3,(H,76,79)/b24-23-,29-27-,67-63+. The van der Waals surface area contributed by atoms with Gasteiger partial charge in [-0.1, -0.05) is 365 Å². The van der Waals surface area contributed by atoms with Crippen molar-refractivity contribution in [2.45, 2.75) is 418 Å². The highest BCUT2D eigenvalue weighted by molar-refractivity contribution is 5.76. The minimum Gasteiger partial charge on any atom is -0.466 e. The molecule has 0 aromatic carbocycles. The Morgan fingerprint density at radius 2 is 0.617 bits per heavy atom. The van der Waals surface area contributed by atoms with E-state index in [-0.39, 0.29) is 18.5 Å². The Morgan fingerprint density at radius 3 is 0.938 bits per heavy atom. The van der Waals surface area contributed by atoms with Crippen molar-refractivity contribution in [2.24, 2.45) is 0 Å². The molecule has 0 aliphatic heterocycles. The maximum Gasteiger partial charge on any atom is 0.305 e. The predicted molar refractivity (Wildman–Crippen MR) is 356 cm³/mol. The van der Waals surface area contributed by atoms with Crippen LogP contribution >= 0.6 is 0 Å². The number of carbonyl (C=O) groups excluding carboxylic acids is 2. The molecule has 0 spiro atoms. The average molecular weight is 1140 g/mol. The minimum absolute atomic E-state index is 0.0143. The van der Waals surface area contributed by atoms with E-state index < -0.39 is 12.1 Å². The van der Waals surface area contributed by atoms with Crippen molar-refractivity contribution >= 4 is 11.9 Å². The molecule has 1 amide bonds. The maximum absolute atomic E-state index is 12.5. The summed E-state index contributed by atoms with van der Waals surface area (Å²) < 4.78 is 5.50. The molecule has 478 valence electrons. The molecule has 2 atom stereocenters. The van der Waals surface area contributed by atoms with Crippen LogP contribution < -0.4 is 5.32 Å². The highest BCUT2D eigenvalue weighted by Gasteiger charge is 2.18. The zero-order valence-electron chi connectivity index (χ0n) is 54.8. The molecule has 6 nitrogen and oxygen atoms in total. The number of carbonyl (C=O) groups is 2. The fourth-order valence-corrected chi connectivity index (χ4v) is 11.6. The number of ether oxygens (including phenoxy) is 1. The third-order valence-corrected chi connectivity index (χ3v) is 17.2. The Labute approximate surface area is 506 Å². The lowest BCUT2D eigenvalue weighted by atomic mass is 10.0. The third kappa shape index (κ3) is 67.1. The Hall–Kier alpha value is -1.92. The van der Waals surface area contributed by atoms with Gasteiger partial charge in [-0.05, 0) is 64.2 Å². The van der Waals surface area contributed by atoms with Gasteiger partial charge in [0.1, 0.15) is 0 Å². The van der Waals surface area contributed by atoms with Gasteiger partial charge in [0.25, 0.3) is 0 Å². The summed E-state index contributed by atoms with van der Waals surface area (Å²) in [6.45, 7) is 4.94. The first-order valence-electron chi connectivity index (χ1n) is 36.8. The molecule has 0 bridgehead atoms. The summed E-state index contributed by atoms with van der Waals surface area (Å²) in [7, 11) is 0. The highest BCUT2D eigenvalue weighted by Crippen LogP contribution is 2.19. The summed E-state index contributed by atoms with van der Waals surface area (Å²) >= 11 is 0. The normalized spacial score (nSPS) is 12.7. The van der Waals surface area contributed by atoms with Crippen molar-refractivity contribution < 1.29 is 24.5 Å². The van der Waals surface area contributed by atoms with Crippen molar-refractivity contribution in [1.82, 2.24) is 5.32 Å². The van der Waals surface area contributed by atoms with E-state index in [9.17, 15) is 19.8 Å². The monoisotopic (exact) mass is 1140 g/mol. The van der Waals surface area contributed by atoms with E-state index in [1.54, 1.807) is 6.08 Å². The van der Waals surface area contributed by atoms with Crippen molar-refractivity contribution in [3.8, 4) is 0 Å². The van der Waals surface area contributed by atoms with E-state index in [0.29, 0.717) is 19.4 Å². The number of amides is 1. The van der Waals surface area contributed by atoms with E-state index in [2.05, 4.69) is 43.5 Å². The molecule has 0 saturated carbocycles. The highest BCUT2D eigenvalue weighted by atomic mass is 16.5. The molecule has 0 rings (SSSR count). The summed E-state index contributed by atoms with van der Waals surface area (Å²) in [4.78, 5) is 24.6. The molecule has 3 N–H and O–H groups in total. The molecule has 0 aliphatic rings. The van der Waals surface area contributed by atoms with E-state index >= 15 is 0 Å². The van der Waals surface area contributed by atoms with Gasteiger partial charge in [-0.3, -0.25) is 9.59 Å².